The highest BCUT2D eigenvalue weighted by Crippen LogP contribution is 2.57. The van der Waals surface area contributed by atoms with E-state index in [0.717, 1.165) is 37.5 Å². The highest BCUT2D eigenvalue weighted by atomic mass is 16.5. The van der Waals surface area contributed by atoms with Gasteiger partial charge in [-0.3, -0.25) is 9.79 Å². The van der Waals surface area contributed by atoms with Crippen molar-refractivity contribution in [2.45, 2.75) is 58.1 Å². The van der Waals surface area contributed by atoms with E-state index in [9.17, 15) is 4.79 Å². The summed E-state index contributed by atoms with van der Waals surface area (Å²) in [5.41, 5.74) is 1.16. The van der Waals surface area contributed by atoms with Crippen LogP contribution < -0.4 is 16.0 Å². The van der Waals surface area contributed by atoms with E-state index in [2.05, 4.69) is 27.9 Å². The lowest BCUT2D eigenvalue weighted by molar-refractivity contribution is -0.168. The number of amides is 1. The highest BCUT2D eigenvalue weighted by molar-refractivity contribution is 5.92. The smallest absolute Gasteiger partial charge is 0.287 e. The number of furan rings is 1. The molecule has 27 heavy (non-hydrogen) atoms. The number of rotatable bonds is 8. The summed E-state index contributed by atoms with van der Waals surface area (Å²) in [4.78, 5) is 16.3. The van der Waals surface area contributed by atoms with E-state index in [0.29, 0.717) is 29.9 Å². The monoisotopic (exact) mass is 376 g/mol. The zero-order chi connectivity index (χ0) is 19.3. The standard InChI is InChI=1S/C20H32N4O3/c1-4-26-16-13-15(20(16)8-5-9-20)24-19(21-3)23-11-6-10-22-18(25)17-14(2)7-12-27-17/h7,12,15-16H,4-6,8-11,13H2,1-3H3,(H,22,25)(H2,21,23,24). The lowest BCUT2D eigenvalue weighted by Gasteiger charge is -2.61. The van der Waals surface area contributed by atoms with Crippen molar-refractivity contribution in [1.82, 2.24) is 16.0 Å². The van der Waals surface area contributed by atoms with Gasteiger partial charge in [-0.1, -0.05) is 6.42 Å². The number of hydrogen-bond donors (Lipinski definition) is 3. The van der Waals surface area contributed by atoms with Crippen LogP contribution in [0.5, 0.6) is 0 Å². The lowest BCUT2D eigenvalue weighted by atomic mass is 9.51. The van der Waals surface area contributed by atoms with Crippen LogP contribution >= 0.6 is 0 Å². The van der Waals surface area contributed by atoms with Crippen LogP contribution in [0, 0.1) is 12.3 Å². The Kier molecular flexibility index (Phi) is 6.42. The Labute approximate surface area is 161 Å². The second kappa shape index (κ2) is 8.78. The van der Waals surface area contributed by atoms with E-state index < -0.39 is 0 Å². The number of nitrogens with one attached hydrogen (secondary N) is 3. The molecule has 3 N–H and O–H groups in total. The average Bonchev–Trinajstić information content (AvgIpc) is 3.03. The minimum atomic E-state index is -0.164. The number of ether oxygens (including phenoxy) is 1. The molecule has 7 heteroatoms. The van der Waals surface area contributed by atoms with E-state index in [1.54, 1.807) is 13.1 Å². The van der Waals surface area contributed by atoms with Crippen LogP contribution in [0.15, 0.2) is 21.7 Å². The third-order valence-electron chi connectivity index (χ3n) is 5.97. The molecular formula is C20H32N4O3. The zero-order valence-corrected chi connectivity index (χ0v) is 16.6. The summed E-state index contributed by atoms with van der Waals surface area (Å²) in [5.74, 6) is 1.05. The normalized spacial score (nSPS) is 23.4. The first-order chi connectivity index (χ1) is 13.1. The molecule has 2 aliphatic rings. The van der Waals surface area contributed by atoms with Crippen LogP contribution in [-0.2, 0) is 4.74 Å². The van der Waals surface area contributed by atoms with Gasteiger partial charge in [0.25, 0.3) is 5.91 Å². The molecule has 2 atom stereocenters. The first-order valence-electron chi connectivity index (χ1n) is 10.0. The van der Waals surface area contributed by atoms with Gasteiger partial charge in [0.2, 0.25) is 0 Å². The Balaban J connectivity index is 1.35. The van der Waals surface area contributed by atoms with E-state index in [-0.39, 0.29) is 5.91 Å². The van der Waals surface area contributed by atoms with Gasteiger partial charge in [0.15, 0.2) is 11.7 Å². The summed E-state index contributed by atoms with van der Waals surface area (Å²) in [6.07, 6.45) is 7.56. The molecule has 2 aliphatic carbocycles. The molecule has 150 valence electrons. The minimum Gasteiger partial charge on any atom is -0.459 e. The third-order valence-corrected chi connectivity index (χ3v) is 5.97. The number of guanidine groups is 1. The lowest BCUT2D eigenvalue weighted by Crippen LogP contribution is -2.68. The Morgan fingerprint density at radius 3 is 2.74 bits per heavy atom. The van der Waals surface area contributed by atoms with Crippen molar-refractivity contribution >= 4 is 11.9 Å². The van der Waals surface area contributed by atoms with Gasteiger partial charge >= 0.3 is 0 Å². The van der Waals surface area contributed by atoms with Crippen molar-refractivity contribution in [2.75, 3.05) is 26.7 Å². The molecule has 2 saturated carbocycles. The predicted molar refractivity (Wildman–Crippen MR) is 105 cm³/mol. The SMILES string of the molecule is CCOC1CC(NC(=NC)NCCCNC(=O)c2occc2C)C12CCC2. The molecule has 2 fully saturated rings. The Morgan fingerprint density at radius 1 is 1.37 bits per heavy atom. The second-order valence-electron chi connectivity index (χ2n) is 7.50. The van der Waals surface area contributed by atoms with Crippen LogP contribution in [0.25, 0.3) is 0 Å². The van der Waals surface area contributed by atoms with Gasteiger partial charge in [0, 0.05) is 43.8 Å². The molecule has 1 spiro atoms. The fraction of sp³-hybridized carbons (Fsp3) is 0.700. The van der Waals surface area contributed by atoms with Crippen molar-refractivity contribution in [3.05, 3.63) is 23.7 Å². The molecule has 2 unspecified atom stereocenters. The van der Waals surface area contributed by atoms with E-state index in [1.807, 2.05) is 6.92 Å². The fourth-order valence-electron chi connectivity index (χ4n) is 4.18. The van der Waals surface area contributed by atoms with E-state index in [4.69, 9.17) is 9.15 Å². The molecule has 1 aromatic rings. The molecular weight excluding hydrogens is 344 g/mol. The van der Waals surface area contributed by atoms with Crippen molar-refractivity contribution in [3.63, 3.8) is 0 Å². The highest BCUT2D eigenvalue weighted by Gasteiger charge is 2.59. The third kappa shape index (κ3) is 4.13. The molecule has 0 aliphatic heterocycles. The van der Waals surface area contributed by atoms with Crippen LogP contribution in [0.2, 0.25) is 0 Å². The van der Waals surface area contributed by atoms with Gasteiger partial charge < -0.3 is 25.1 Å². The first kappa shape index (κ1) is 19.7. The molecule has 7 nitrogen and oxygen atoms in total. The van der Waals surface area contributed by atoms with E-state index in [1.165, 1.54) is 25.5 Å². The summed E-state index contributed by atoms with van der Waals surface area (Å²) in [7, 11) is 1.79. The van der Waals surface area contributed by atoms with Crippen LogP contribution in [0.1, 0.15) is 55.1 Å². The summed E-state index contributed by atoms with van der Waals surface area (Å²) in [6, 6.07) is 2.23. The number of nitrogens with zero attached hydrogens (tertiary/aromatic N) is 1. The fourth-order valence-corrected chi connectivity index (χ4v) is 4.18. The van der Waals surface area contributed by atoms with Crippen molar-refractivity contribution in [1.29, 1.82) is 0 Å². The second-order valence-corrected chi connectivity index (χ2v) is 7.50. The van der Waals surface area contributed by atoms with Crippen molar-refractivity contribution < 1.29 is 13.9 Å². The van der Waals surface area contributed by atoms with Gasteiger partial charge in [-0.05, 0) is 45.6 Å². The quantitative estimate of drug-likeness (QED) is 0.368. The van der Waals surface area contributed by atoms with Gasteiger partial charge in [0.05, 0.1) is 12.4 Å². The molecule has 0 aromatic carbocycles. The average molecular weight is 377 g/mol. The predicted octanol–water partition coefficient (Wildman–Crippen LogP) is 2.22. The largest absolute Gasteiger partial charge is 0.459 e. The molecule has 0 saturated heterocycles. The molecule has 3 rings (SSSR count). The zero-order valence-electron chi connectivity index (χ0n) is 16.6. The van der Waals surface area contributed by atoms with Crippen LogP contribution in [-0.4, -0.2) is 50.8 Å². The Hall–Kier alpha value is -2.02. The number of aliphatic imine (C=N–C) groups is 1. The Morgan fingerprint density at radius 2 is 2.15 bits per heavy atom. The molecule has 1 amide bonds. The number of aryl methyl sites for hydroxylation is 1. The molecule has 0 radical (unpaired) electrons. The summed E-state index contributed by atoms with van der Waals surface area (Å²) in [6.45, 7) is 6.05. The maximum atomic E-state index is 12.0. The maximum Gasteiger partial charge on any atom is 0.287 e. The van der Waals surface area contributed by atoms with Crippen LogP contribution in [0.3, 0.4) is 0 Å². The molecule has 1 aromatic heterocycles. The summed E-state index contributed by atoms with van der Waals surface area (Å²) in [5, 5.41) is 9.80. The maximum absolute atomic E-state index is 12.0. The van der Waals surface area contributed by atoms with Gasteiger partial charge in [-0.15, -0.1) is 0 Å². The number of carbonyl (C=O) groups is 1. The van der Waals surface area contributed by atoms with Crippen LogP contribution in [0.4, 0.5) is 0 Å². The van der Waals surface area contributed by atoms with Gasteiger partial charge in [-0.25, -0.2) is 0 Å². The number of carbonyl (C=O) groups excluding carboxylic acids is 1. The topological polar surface area (TPSA) is 87.9 Å². The van der Waals surface area contributed by atoms with Crippen molar-refractivity contribution in [2.24, 2.45) is 10.4 Å². The minimum absolute atomic E-state index is 0.164. The summed E-state index contributed by atoms with van der Waals surface area (Å²) < 4.78 is 11.1. The summed E-state index contributed by atoms with van der Waals surface area (Å²) >= 11 is 0. The number of hydrogen-bond acceptors (Lipinski definition) is 4. The Bertz CT molecular complexity index is 666. The molecule has 0 bridgehead atoms. The van der Waals surface area contributed by atoms with Gasteiger partial charge in [-0.2, -0.15) is 0 Å². The van der Waals surface area contributed by atoms with E-state index >= 15 is 0 Å². The van der Waals surface area contributed by atoms with Gasteiger partial charge in [0.1, 0.15) is 0 Å². The molecule has 1 heterocycles. The first-order valence-corrected chi connectivity index (χ1v) is 10.0. The van der Waals surface area contributed by atoms with Crippen molar-refractivity contribution in [3.8, 4) is 0 Å².